The minimum atomic E-state index is -1.03. The minimum Gasteiger partial charge on any atom is -0.481 e. The topological polar surface area (TPSA) is 77.8 Å². The average molecular weight is 204 g/mol. The molecule has 84 valence electrons. The van der Waals surface area contributed by atoms with Gasteiger partial charge in [-0.15, -0.1) is 0 Å². The molecule has 3 N–H and O–H groups in total. The molecule has 0 heterocycles. The van der Waals surface area contributed by atoms with Crippen LogP contribution in [0.4, 0.5) is 0 Å². The molecule has 0 aliphatic heterocycles. The van der Waals surface area contributed by atoms with E-state index in [9.17, 15) is 15.0 Å². The molecular formula is C10H20O4. The molecule has 0 aromatic carbocycles. The van der Waals surface area contributed by atoms with Gasteiger partial charge in [0.2, 0.25) is 0 Å². The monoisotopic (exact) mass is 204 g/mol. The minimum absolute atomic E-state index is 0.163. The van der Waals surface area contributed by atoms with Crippen molar-refractivity contribution in [1.82, 2.24) is 0 Å². The molecule has 4 heteroatoms. The third-order valence-electron chi connectivity index (χ3n) is 2.10. The Kier molecular flexibility index (Phi) is 7.42. The van der Waals surface area contributed by atoms with Gasteiger partial charge in [-0.25, -0.2) is 0 Å². The molecule has 0 radical (unpaired) electrons. The zero-order valence-corrected chi connectivity index (χ0v) is 8.65. The second-order valence-electron chi connectivity index (χ2n) is 3.64. The summed E-state index contributed by atoms with van der Waals surface area (Å²) in [4.78, 5) is 10.2. The maximum atomic E-state index is 10.2. The normalized spacial score (nSPS) is 15.1. The quantitative estimate of drug-likeness (QED) is 0.518. The summed E-state index contributed by atoms with van der Waals surface area (Å²) in [5.41, 5.74) is 0. The lowest BCUT2D eigenvalue weighted by Gasteiger charge is -2.13. The van der Waals surface area contributed by atoms with E-state index in [1.54, 1.807) is 0 Å². The molecule has 0 spiro atoms. The highest BCUT2D eigenvalue weighted by atomic mass is 16.4. The lowest BCUT2D eigenvalue weighted by atomic mass is 10.0. The molecule has 2 atom stereocenters. The first-order chi connectivity index (χ1) is 6.56. The fourth-order valence-electron chi connectivity index (χ4n) is 1.35. The molecule has 0 aromatic heterocycles. The van der Waals surface area contributed by atoms with Crippen molar-refractivity contribution >= 4 is 5.97 Å². The molecule has 0 aromatic rings. The maximum absolute atomic E-state index is 10.2. The summed E-state index contributed by atoms with van der Waals surface area (Å²) in [5.74, 6) is -1.03. The zero-order chi connectivity index (χ0) is 11.0. The van der Waals surface area contributed by atoms with Crippen LogP contribution in [0.25, 0.3) is 0 Å². The summed E-state index contributed by atoms with van der Waals surface area (Å²) in [7, 11) is 0. The Morgan fingerprint density at radius 2 is 1.86 bits per heavy atom. The average Bonchev–Trinajstić information content (AvgIpc) is 2.02. The van der Waals surface area contributed by atoms with Crippen molar-refractivity contribution in [3.05, 3.63) is 0 Å². The van der Waals surface area contributed by atoms with Gasteiger partial charge >= 0.3 is 5.97 Å². The van der Waals surface area contributed by atoms with Gasteiger partial charge in [0, 0.05) is 0 Å². The molecule has 0 rings (SSSR count). The van der Waals surface area contributed by atoms with Crippen molar-refractivity contribution in [3.63, 3.8) is 0 Å². The van der Waals surface area contributed by atoms with E-state index in [-0.39, 0.29) is 12.8 Å². The summed E-state index contributed by atoms with van der Waals surface area (Å²) in [5, 5.41) is 27.0. The molecule has 0 amide bonds. The van der Waals surface area contributed by atoms with E-state index in [0.717, 1.165) is 19.3 Å². The zero-order valence-electron chi connectivity index (χ0n) is 8.65. The Morgan fingerprint density at radius 1 is 1.21 bits per heavy atom. The van der Waals surface area contributed by atoms with Crippen LogP contribution in [0.3, 0.4) is 0 Å². The molecule has 0 aliphatic rings. The highest BCUT2D eigenvalue weighted by Crippen LogP contribution is 2.10. The highest BCUT2D eigenvalue weighted by molar-refractivity contribution is 5.67. The molecule has 0 saturated carbocycles. The van der Waals surface area contributed by atoms with E-state index in [0.29, 0.717) is 6.42 Å². The molecule has 0 saturated heterocycles. The predicted octanol–water partition coefficient (Wildman–Crippen LogP) is 1.15. The molecule has 1 unspecified atom stereocenters. The fourth-order valence-corrected chi connectivity index (χ4v) is 1.35. The van der Waals surface area contributed by atoms with Crippen molar-refractivity contribution in [1.29, 1.82) is 0 Å². The number of hydrogen-bond donors (Lipinski definition) is 3. The Bertz CT molecular complexity index is 158. The van der Waals surface area contributed by atoms with Gasteiger partial charge in [0.25, 0.3) is 0 Å². The Balaban J connectivity index is 3.49. The summed E-state index contributed by atoms with van der Waals surface area (Å²) in [6.45, 7) is 2.08. The van der Waals surface area contributed by atoms with E-state index in [1.165, 1.54) is 0 Å². The van der Waals surface area contributed by atoms with Gasteiger partial charge in [-0.1, -0.05) is 26.2 Å². The molecule has 4 nitrogen and oxygen atoms in total. The van der Waals surface area contributed by atoms with Crippen LogP contribution in [0.5, 0.6) is 0 Å². The SMILES string of the molecule is CCCCCC(O)C[C@@H](O)CC(=O)O. The molecule has 0 bridgehead atoms. The lowest BCUT2D eigenvalue weighted by Crippen LogP contribution is -2.20. The van der Waals surface area contributed by atoms with Gasteiger partial charge < -0.3 is 15.3 Å². The van der Waals surface area contributed by atoms with Crippen molar-refractivity contribution in [2.24, 2.45) is 0 Å². The van der Waals surface area contributed by atoms with Crippen LogP contribution in [-0.2, 0) is 4.79 Å². The fraction of sp³-hybridized carbons (Fsp3) is 0.900. The van der Waals surface area contributed by atoms with Crippen LogP contribution in [0.1, 0.15) is 45.4 Å². The van der Waals surface area contributed by atoms with E-state index in [1.807, 2.05) is 0 Å². The van der Waals surface area contributed by atoms with Gasteiger partial charge in [-0.3, -0.25) is 4.79 Å². The van der Waals surface area contributed by atoms with Gasteiger partial charge in [0.1, 0.15) is 0 Å². The van der Waals surface area contributed by atoms with Crippen LogP contribution in [0.15, 0.2) is 0 Å². The predicted molar refractivity (Wildman–Crippen MR) is 53.0 cm³/mol. The number of carbonyl (C=O) groups is 1. The Hall–Kier alpha value is -0.610. The Labute approximate surface area is 84.6 Å². The second-order valence-corrected chi connectivity index (χ2v) is 3.64. The summed E-state index contributed by atoms with van der Waals surface area (Å²) >= 11 is 0. The van der Waals surface area contributed by atoms with E-state index in [4.69, 9.17) is 5.11 Å². The van der Waals surface area contributed by atoms with E-state index < -0.39 is 18.2 Å². The largest absolute Gasteiger partial charge is 0.481 e. The van der Waals surface area contributed by atoms with Gasteiger partial charge in [0.05, 0.1) is 18.6 Å². The summed E-state index contributed by atoms with van der Waals surface area (Å²) < 4.78 is 0. The number of hydrogen-bond acceptors (Lipinski definition) is 3. The molecule has 14 heavy (non-hydrogen) atoms. The molecule has 0 aliphatic carbocycles. The number of rotatable bonds is 8. The second kappa shape index (κ2) is 7.76. The van der Waals surface area contributed by atoms with Gasteiger partial charge in [-0.05, 0) is 12.8 Å². The molecule has 0 fully saturated rings. The third-order valence-corrected chi connectivity index (χ3v) is 2.10. The smallest absolute Gasteiger partial charge is 0.305 e. The summed E-state index contributed by atoms with van der Waals surface area (Å²) in [6, 6.07) is 0. The first-order valence-electron chi connectivity index (χ1n) is 5.14. The highest BCUT2D eigenvalue weighted by Gasteiger charge is 2.14. The van der Waals surface area contributed by atoms with Gasteiger partial charge in [0.15, 0.2) is 0 Å². The number of carboxylic acid groups (broad SMARTS) is 1. The number of aliphatic hydroxyl groups excluding tert-OH is 2. The standard InChI is InChI=1S/C10H20O4/c1-2-3-4-5-8(11)6-9(12)7-10(13)14/h8-9,11-12H,2-7H2,1H3,(H,13,14)/t8?,9-/m1/s1. The van der Waals surface area contributed by atoms with Crippen LogP contribution in [-0.4, -0.2) is 33.5 Å². The number of aliphatic hydroxyl groups is 2. The Morgan fingerprint density at radius 3 is 2.36 bits per heavy atom. The molecular weight excluding hydrogens is 184 g/mol. The van der Waals surface area contributed by atoms with Gasteiger partial charge in [-0.2, -0.15) is 0 Å². The van der Waals surface area contributed by atoms with Crippen LogP contribution < -0.4 is 0 Å². The van der Waals surface area contributed by atoms with Crippen LogP contribution in [0, 0.1) is 0 Å². The van der Waals surface area contributed by atoms with Crippen LogP contribution >= 0.6 is 0 Å². The first kappa shape index (κ1) is 13.4. The van der Waals surface area contributed by atoms with E-state index in [2.05, 4.69) is 6.92 Å². The van der Waals surface area contributed by atoms with Crippen molar-refractivity contribution in [3.8, 4) is 0 Å². The number of aliphatic carboxylic acids is 1. The third kappa shape index (κ3) is 8.01. The van der Waals surface area contributed by atoms with Crippen molar-refractivity contribution in [2.75, 3.05) is 0 Å². The van der Waals surface area contributed by atoms with E-state index >= 15 is 0 Å². The first-order valence-corrected chi connectivity index (χ1v) is 5.14. The number of unbranched alkanes of at least 4 members (excludes halogenated alkanes) is 2. The van der Waals surface area contributed by atoms with Crippen molar-refractivity contribution < 1.29 is 20.1 Å². The summed E-state index contributed by atoms with van der Waals surface area (Å²) in [6.07, 6.45) is 2.10. The maximum Gasteiger partial charge on any atom is 0.305 e. The lowest BCUT2D eigenvalue weighted by molar-refractivity contribution is -0.139. The van der Waals surface area contributed by atoms with Crippen molar-refractivity contribution in [2.45, 2.75) is 57.7 Å². The van der Waals surface area contributed by atoms with Crippen LogP contribution in [0.2, 0.25) is 0 Å². The number of carboxylic acids is 1.